The highest BCUT2D eigenvalue weighted by Gasteiger charge is 2.25. The number of hydrogen-bond donors (Lipinski definition) is 1. The maximum Gasteiger partial charge on any atom is 0.335 e. The van der Waals surface area contributed by atoms with Crippen molar-refractivity contribution in [3.8, 4) is 0 Å². The summed E-state index contributed by atoms with van der Waals surface area (Å²) < 4.78 is 0. The van der Waals surface area contributed by atoms with Crippen LogP contribution in [0.4, 0.5) is 0 Å². The van der Waals surface area contributed by atoms with Crippen LogP contribution in [0.1, 0.15) is 65.7 Å². The Morgan fingerprint density at radius 1 is 0.926 bits per heavy atom. The van der Waals surface area contributed by atoms with Crippen LogP contribution in [0, 0.1) is 5.92 Å². The van der Waals surface area contributed by atoms with E-state index >= 15 is 0 Å². The SMILES string of the molecule is O=C(O)c1cccc(C(=O)N2CCN(C(=O)CCC3CCCCC3)CC2)c1. The number of amides is 2. The van der Waals surface area contributed by atoms with Crippen molar-refractivity contribution in [3.63, 3.8) is 0 Å². The minimum Gasteiger partial charge on any atom is -0.478 e. The molecule has 0 atom stereocenters. The second-order valence-corrected chi connectivity index (χ2v) is 7.60. The maximum atomic E-state index is 12.6. The Kier molecular flexibility index (Phi) is 6.48. The summed E-state index contributed by atoms with van der Waals surface area (Å²) in [7, 11) is 0. The van der Waals surface area contributed by atoms with Crippen LogP contribution in [0.15, 0.2) is 24.3 Å². The molecule has 2 amide bonds. The molecule has 1 aliphatic heterocycles. The van der Waals surface area contributed by atoms with Crippen molar-refractivity contribution in [2.75, 3.05) is 26.2 Å². The van der Waals surface area contributed by atoms with Crippen LogP contribution in [0.5, 0.6) is 0 Å². The average molecular weight is 372 g/mol. The first-order chi connectivity index (χ1) is 13.0. The van der Waals surface area contributed by atoms with Crippen LogP contribution in [-0.2, 0) is 4.79 Å². The number of carboxylic acids is 1. The van der Waals surface area contributed by atoms with E-state index in [1.54, 1.807) is 17.0 Å². The molecule has 1 heterocycles. The van der Waals surface area contributed by atoms with E-state index in [1.807, 2.05) is 4.90 Å². The van der Waals surface area contributed by atoms with Gasteiger partial charge in [-0.25, -0.2) is 4.79 Å². The molecule has 1 aromatic carbocycles. The molecule has 1 aliphatic carbocycles. The summed E-state index contributed by atoms with van der Waals surface area (Å²) >= 11 is 0. The first-order valence-electron chi connectivity index (χ1n) is 9.95. The van der Waals surface area contributed by atoms with Gasteiger partial charge in [-0.15, -0.1) is 0 Å². The lowest BCUT2D eigenvalue weighted by Crippen LogP contribution is -2.50. The van der Waals surface area contributed by atoms with Gasteiger partial charge < -0.3 is 14.9 Å². The quantitative estimate of drug-likeness (QED) is 0.862. The summed E-state index contributed by atoms with van der Waals surface area (Å²) in [6.07, 6.45) is 8.02. The molecule has 1 aromatic rings. The number of benzene rings is 1. The first kappa shape index (κ1) is 19.4. The Balaban J connectivity index is 1.47. The van der Waals surface area contributed by atoms with Crippen molar-refractivity contribution in [2.45, 2.75) is 44.9 Å². The molecule has 2 aliphatic rings. The third-order valence-corrected chi connectivity index (χ3v) is 5.77. The van der Waals surface area contributed by atoms with Crippen LogP contribution in [-0.4, -0.2) is 58.9 Å². The largest absolute Gasteiger partial charge is 0.478 e. The topological polar surface area (TPSA) is 77.9 Å². The molecule has 0 unspecified atom stereocenters. The zero-order valence-electron chi connectivity index (χ0n) is 15.7. The van der Waals surface area contributed by atoms with Crippen LogP contribution >= 0.6 is 0 Å². The summed E-state index contributed by atoms with van der Waals surface area (Å²) in [5.41, 5.74) is 0.490. The maximum absolute atomic E-state index is 12.6. The van der Waals surface area contributed by atoms with Crippen LogP contribution < -0.4 is 0 Å². The summed E-state index contributed by atoms with van der Waals surface area (Å²) in [5.74, 6) is -0.321. The summed E-state index contributed by atoms with van der Waals surface area (Å²) in [5, 5.41) is 9.07. The van der Waals surface area contributed by atoms with Gasteiger partial charge >= 0.3 is 5.97 Å². The fourth-order valence-electron chi connectivity index (χ4n) is 4.09. The normalized spacial score (nSPS) is 18.4. The van der Waals surface area contributed by atoms with Gasteiger partial charge in [0.2, 0.25) is 5.91 Å². The number of carboxylic acid groups (broad SMARTS) is 1. The molecule has 0 bridgehead atoms. The van der Waals surface area contributed by atoms with Crippen molar-refractivity contribution in [3.05, 3.63) is 35.4 Å². The van der Waals surface area contributed by atoms with Crippen molar-refractivity contribution in [1.82, 2.24) is 9.80 Å². The number of aromatic carboxylic acids is 1. The predicted molar refractivity (Wildman–Crippen MR) is 102 cm³/mol. The number of hydrogen-bond acceptors (Lipinski definition) is 3. The molecule has 6 nitrogen and oxygen atoms in total. The van der Waals surface area contributed by atoms with Gasteiger partial charge in [0.05, 0.1) is 5.56 Å². The molecule has 6 heteroatoms. The lowest BCUT2D eigenvalue weighted by molar-refractivity contribution is -0.133. The molecule has 1 saturated heterocycles. The van der Waals surface area contributed by atoms with Gasteiger partial charge in [0.1, 0.15) is 0 Å². The summed E-state index contributed by atoms with van der Waals surface area (Å²) in [4.78, 5) is 39.7. The van der Waals surface area contributed by atoms with E-state index in [4.69, 9.17) is 5.11 Å². The van der Waals surface area contributed by atoms with Gasteiger partial charge in [0, 0.05) is 38.2 Å². The lowest BCUT2D eigenvalue weighted by Gasteiger charge is -2.35. The fourth-order valence-corrected chi connectivity index (χ4v) is 4.09. The van der Waals surface area contributed by atoms with Gasteiger partial charge in [-0.3, -0.25) is 9.59 Å². The Bertz CT molecular complexity index is 689. The summed E-state index contributed by atoms with van der Waals surface area (Å²) in [6.45, 7) is 2.08. The minimum atomic E-state index is -1.04. The number of carbonyl (C=O) groups is 3. The highest BCUT2D eigenvalue weighted by atomic mass is 16.4. The van der Waals surface area contributed by atoms with E-state index in [-0.39, 0.29) is 17.4 Å². The van der Waals surface area contributed by atoms with Crippen molar-refractivity contribution in [2.24, 2.45) is 5.92 Å². The number of piperazine rings is 1. The standard InChI is InChI=1S/C21H28N2O4/c24-19(10-9-16-5-2-1-3-6-16)22-11-13-23(14-12-22)20(25)17-7-4-8-18(15-17)21(26)27/h4,7-8,15-16H,1-3,5-6,9-14H2,(H,26,27). The highest BCUT2D eigenvalue weighted by molar-refractivity contribution is 5.97. The van der Waals surface area contributed by atoms with E-state index in [0.717, 1.165) is 6.42 Å². The Labute approximate surface area is 160 Å². The van der Waals surface area contributed by atoms with Crippen LogP contribution in [0.25, 0.3) is 0 Å². The van der Waals surface area contributed by atoms with Crippen LogP contribution in [0.2, 0.25) is 0 Å². The average Bonchev–Trinajstić information content (AvgIpc) is 2.72. The van der Waals surface area contributed by atoms with Crippen molar-refractivity contribution < 1.29 is 19.5 Å². The molecule has 146 valence electrons. The molecule has 0 aromatic heterocycles. The number of nitrogens with zero attached hydrogens (tertiary/aromatic N) is 2. The Morgan fingerprint density at radius 3 is 2.22 bits per heavy atom. The van der Waals surface area contributed by atoms with Crippen molar-refractivity contribution in [1.29, 1.82) is 0 Å². The van der Waals surface area contributed by atoms with Crippen LogP contribution in [0.3, 0.4) is 0 Å². The van der Waals surface area contributed by atoms with Crippen molar-refractivity contribution >= 4 is 17.8 Å². The van der Waals surface area contributed by atoms with E-state index in [9.17, 15) is 14.4 Å². The van der Waals surface area contributed by atoms with Gasteiger partial charge in [0.25, 0.3) is 5.91 Å². The van der Waals surface area contributed by atoms with Gasteiger partial charge in [-0.1, -0.05) is 38.2 Å². The predicted octanol–water partition coefficient (Wildman–Crippen LogP) is 3.03. The first-order valence-corrected chi connectivity index (χ1v) is 9.95. The van der Waals surface area contributed by atoms with Gasteiger partial charge in [-0.05, 0) is 30.5 Å². The van der Waals surface area contributed by atoms with E-state index < -0.39 is 5.97 Å². The fraction of sp³-hybridized carbons (Fsp3) is 0.571. The molecule has 3 rings (SSSR count). The number of carbonyl (C=O) groups excluding carboxylic acids is 2. The van der Waals surface area contributed by atoms with E-state index in [2.05, 4.69) is 0 Å². The van der Waals surface area contributed by atoms with E-state index in [1.165, 1.54) is 44.2 Å². The molecule has 0 radical (unpaired) electrons. The number of rotatable bonds is 5. The van der Waals surface area contributed by atoms with E-state index in [0.29, 0.717) is 44.1 Å². The third-order valence-electron chi connectivity index (χ3n) is 5.77. The highest BCUT2D eigenvalue weighted by Crippen LogP contribution is 2.27. The smallest absolute Gasteiger partial charge is 0.335 e. The molecule has 0 spiro atoms. The molecular formula is C21H28N2O4. The Hall–Kier alpha value is -2.37. The molecule has 27 heavy (non-hydrogen) atoms. The molecule has 1 saturated carbocycles. The molecule has 2 fully saturated rings. The van der Waals surface area contributed by atoms with Gasteiger partial charge in [-0.2, -0.15) is 0 Å². The minimum absolute atomic E-state index is 0.109. The van der Waals surface area contributed by atoms with Gasteiger partial charge in [0.15, 0.2) is 0 Å². The Morgan fingerprint density at radius 2 is 1.56 bits per heavy atom. The zero-order valence-corrected chi connectivity index (χ0v) is 15.7. The monoisotopic (exact) mass is 372 g/mol. The second-order valence-electron chi connectivity index (χ2n) is 7.60. The second kappa shape index (κ2) is 9.02. The summed E-state index contributed by atoms with van der Waals surface area (Å²) in [6, 6.07) is 6.10. The lowest BCUT2D eigenvalue weighted by atomic mass is 9.86. The zero-order chi connectivity index (χ0) is 19.2. The molecule has 1 N–H and O–H groups in total. The third kappa shape index (κ3) is 5.08. The molecular weight excluding hydrogens is 344 g/mol.